The van der Waals surface area contributed by atoms with E-state index in [2.05, 4.69) is 5.32 Å². The maximum Gasteiger partial charge on any atom is 0.236 e. The van der Waals surface area contributed by atoms with Gasteiger partial charge in [-0.3, -0.25) is 4.79 Å². The fourth-order valence-electron chi connectivity index (χ4n) is 1.82. The molecule has 1 aliphatic carbocycles. The first-order valence-electron chi connectivity index (χ1n) is 6.00. The molecular formula is C11H20N2O3. The highest BCUT2D eigenvalue weighted by Gasteiger charge is 2.28. The molecule has 1 heterocycles. The van der Waals surface area contributed by atoms with Crippen LogP contribution in [0.2, 0.25) is 0 Å². The molecule has 1 aliphatic heterocycles. The van der Waals surface area contributed by atoms with Crippen LogP contribution < -0.4 is 11.1 Å². The molecule has 0 aromatic carbocycles. The summed E-state index contributed by atoms with van der Waals surface area (Å²) in [6, 6.07) is 0.131. The van der Waals surface area contributed by atoms with E-state index in [9.17, 15) is 4.79 Å². The lowest BCUT2D eigenvalue weighted by molar-refractivity contribution is -0.123. The number of hydrogen-bond donors (Lipinski definition) is 2. The number of amides is 1. The normalized spacial score (nSPS) is 24.2. The number of carbonyl (C=O) groups is 1. The summed E-state index contributed by atoms with van der Waals surface area (Å²) in [5.41, 5.74) is 5.32. The molecule has 2 aliphatic rings. The summed E-state index contributed by atoms with van der Waals surface area (Å²) >= 11 is 0. The van der Waals surface area contributed by atoms with Gasteiger partial charge in [-0.15, -0.1) is 0 Å². The zero-order valence-electron chi connectivity index (χ0n) is 9.48. The van der Waals surface area contributed by atoms with Crippen LogP contribution in [-0.4, -0.2) is 43.9 Å². The van der Waals surface area contributed by atoms with E-state index >= 15 is 0 Å². The van der Waals surface area contributed by atoms with E-state index in [1.165, 1.54) is 0 Å². The number of hydrogen-bond acceptors (Lipinski definition) is 4. The van der Waals surface area contributed by atoms with E-state index in [1.807, 2.05) is 0 Å². The summed E-state index contributed by atoms with van der Waals surface area (Å²) in [5.74, 6) is -0.320. The van der Waals surface area contributed by atoms with E-state index < -0.39 is 0 Å². The van der Waals surface area contributed by atoms with Crippen molar-refractivity contribution < 1.29 is 14.3 Å². The number of carbonyl (C=O) groups excluding carboxylic acids is 1. The van der Waals surface area contributed by atoms with Gasteiger partial charge in [0.25, 0.3) is 0 Å². The van der Waals surface area contributed by atoms with Gasteiger partial charge in [-0.25, -0.2) is 0 Å². The Hall–Kier alpha value is -0.650. The van der Waals surface area contributed by atoms with Crippen molar-refractivity contribution in [2.24, 2.45) is 5.73 Å². The van der Waals surface area contributed by atoms with E-state index in [-0.39, 0.29) is 18.1 Å². The molecule has 0 bridgehead atoms. The van der Waals surface area contributed by atoms with Crippen molar-refractivity contribution in [3.05, 3.63) is 0 Å². The van der Waals surface area contributed by atoms with Crippen LogP contribution in [0, 0.1) is 0 Å². The minimum Gasteiger partial charge on any atom is -0.381 e. The van der Waals surface area contributed by atoms with Gasteiger partial charge >= 0.3 is 0 Å². The second kappa shape index (κ2) is 5.61. The third-order valence-corrected chi connectivity index (χ3v) is 3.02. The van der Waals surface area contributed by atoms with Crippen molar-refractivity contribution in [3.63, 3.8) is 0 Å². The van der Waals surface area contributed by atoms with Crippen LogP contribution in [0.15, 0.2) is 0 Å². The number of nitrogens with two attached hydrogens (primary N) is 1. The standard InChI is InChI=1S/C11H20N2O3/c12-11(14)10(13-8-1-2-8)7-16-9-3-5-15-6-4-9/h8-10,13H,1-7H2,(H2,12,14). The largest absolute Gasteiger partial charge is 0.381 e. The minimum absolute atomic E-state index is 0.219. The monoisotopic (exact) mass is 228 g/mol. The highest BCUT2D eigenvalue weighted by molar-refractivity contribution is 5.80. The predicted octanol–water partition coefficient (Wildman–Crippen LogP) is -0.212. The van der Waals surface area contributed by atoms with Gasteiger partial charge in [0.1, 0.15) is 6.04 Å². The molecule has 1 unspecified atom stereocenters. The second-order valence-electron chi connectivity index (χ2n) is 4.54. The number of nitrogens with one attached hydrogen (secondary N) is 1. The van der Waals surface area contributed by atoms with Gasteiger partial charge in [-0.1, -0.05) is 0 Å². The Morgan fingerprint density at radius 2 is 2.06 bits per heavy atom. The van der Waals surface area contributed by atoms with Crippen LogP contribution in [-0.2, 0) is 14.3 Å². The van der Waals surface area contributed by atoms with Crippen molar-refractivity contribution >= 4 is 5.91 Å². The van der Waals surface area contributed by atoms with Crippen LogP contribution in [0.25, 0.3) is 0 Å². The molecule has 1 saturated carbocycles. The van der Waals surface area contributed by atoms with Crippen LogP contribution in [0.4, 0.5) is 0 Å². The Morgan fingerprint density at radius 1 is 1.38 bits per heavy atom. The number of rotatable bonds is 6. The summed E-state index contributed by atoms with van der Waals surface area (Å²) in [6.07, 6.45) is 4.32. The molecule has 2 fully saturated rings. The molecule has 92 valence electrons. The quantitative estimate of drug-likeness (QED) is 0.659. The minimum atomic E-state index is -0.338. The average Bonchev–Trinajstić information content (AvgIpc) is 3.09. The molecule has 3 N–H and O–H groups in total. The first kappa shape index (κ1) is 11.8. The van der Waals surface area contributed by atoms with Gasteiger partial charge in [-0.2, -0.15) is 0 Å². The number of primary amides is 1. The lowest BCUT2D eigenvalue weighted by atomic mass is 10.1. The van der Waals surface area contributed by atoms with E-state index in [0.717, 1.165) is 38.9 Å². The van der Waals surface area contributed by atoms with Crippen LogP contribution in [0.5, 0.6) is 0 Å². The Kier molecular flexibility index (Phi) is 4.15. The Balaban J connectivity index is 1.69. The van der Waals surface area contributed by atoms with Gasteiger partial charge < -0.3 is 20.5 Å². The zero-order valence-corrected chi connectivity index (χ0v) is 9.48. The van der Waals surface area contributed by atoms with Crippen LogP contribution in [0.1, 0.15) is 25.7 Å². The topological polar surface area (TPSA) is 73.6 Å². The lowest BCUT2D eigenvalue weighted by Gasteiger charge is -2.24. The Morgan fingerprint density at radius 3 is 2.62 bits per heavy atom. The molecule has 5 nitrogen and oxygen atoms in total. The molecule has 5 heteroatoms. The summed E-state index contributed by atoms with van der Waals surface area (Å²) < 4.78 is 10.9. The Labute approximate surface area is 95.7 Å². The van der Waals surface area contributed by atoms with E-state index in [4.69, 9.17) is 15.2 Å². The summed E-state index contributed by atoms with van der Waals surface area (Å²) in [4.78, 5) is 11.2. The summed E-state index contributed by atoms with van der Waals surface area (Å²) in [5, 5.41) is 3.20. The molecule has 0 aromatic rings. The van der Waals surface area contributed by atoms with Crippen LogP contribution >= 0.6 is 0 Å². The molecule has 1 atom stereocenters. The van der Waals surface area contributed by atoms with Crippen molar-refractivity contribution in [2.75, 3.05) is 19.8 Å². The van der Waals surface area contributed by atoms with Crippen molar-refractivity contribution in [1.82, 2.24) is 5.32 Å². The maximum absolute atomic E-state index is 11.2. The first-order chi connectivity index (χ1) is 7.75. The number of ether oxygens (including phenoxy) is 2. The molecule has 2 rings (SSSR count). The zero-order chi connectivity index (χ0) is 11.4. The fourth-order valence-corrected chi connectivity index (χ4v) is 1.82. The third kappa shape index (κ3) is 3.73. The molecule has 0 aromatic heterocycles. The predicted molar refractivity (Wildman–Crippen MR) is 58.9 cm³/mol. The van der Waals surface area contributed by atoms with Gasteiger partial charge in [0.15, 0.2) is 0 Å². The summed E-state index contributed by atoms with van der Waals surface area (Å²) in [6.45, 7) is 1.89. The van der Waals surface area contributed by atoms with Gasteiger partial charge in [0, 0.05) is 19.3 Å². The van der Waals surface area contributed by atoms with Crippen LogP contribution in [0.3, 0.4) is 0 Å². The van der Waals surface area contributed by atoms with Gasteiger partial charge in [0.05, 0.1) is 12.7 Å². The van der Waals surface area contributed by atoms with Gasteiger partial charge in [-0.05, 0) is 25.7 Å². The average molecular weight is 228 g/mol. The fraction of sp³-hybridized carbons (Fsp3) is 0.909. The van der Waals surface area contributed by atoms with Crippen molar-refractivity contribution in [3.8, 4) is 0 Å². The van der Waals surface area contributed by atoms with Crippen molar-refractivity contribution in [1.29, 1.82) is 0 Å². The maximum atomic E-state index is 11.2. The van der Waals surface area contributed by atoms with E-state index in [1.54, 1.807) is 0 Å². The smallest absolute Gasteiger partial charge is 0.236 e. The third-order valence-electron chi connectivity index (χ3n) is 3.02. The lowest BCUT2D eigenvalue weighted by Crippen LogP contribution is -2.46. The Bertz CT molecular complexity index is 237. The van der Waals surface area contributed by atoms with Crippen molar-refractivity contribution in [2.45, 2.75) is 43.9 Å². The highest BCUT2D eigenvalue weighted by Crippen LogP contribution is 2.19. The van der Waals surface area contributed by atoms with Gasteiger partial charge in [0.2, 0.25) is 5.91 Å². The molecule has 0 radical (unpaired) electrons. The molecule has 1 amide bonds. The molecule has 0 spiro atoms. The molecular weight excluding hydrogens is 208 g/mol. The SMILES string of the molecule is NC(=O)C(COC1CCOCC1)NC1CC1. The molecule has 16 heavy (non-hydrogen) atoms. The highest BCUT2D eigenvalue weighted by atomic mass is 16.5. The van der Waals surface area contributed by atoms with E-state index in [0.29, 0.717) is 12.6 Å². The second-order valence-corrected chi connectivity index (χ2v) is 4.54. The summed E-state index contributed by atoms with van der Waals surface area (Å²) in [7, 11) is 0. The first-order valence-corrected chi connectivity index (χ1v) is 6.00. The molecule has 1 saturated heterocycles.